The van der Waals surface area contributed by atoms with Gasteiger partial charge < -0.3 is 4.74 Å². The molecule has 2 aromatic rings. The fourth-order valence-corrected chi connectivity index (χ4v) is 4.04. The number of morpholine rings is 1. The highest BCUT2D eigenvalue weighted by Crippen LogP contribution is 2.22. The van der Waals surface area contributed by atoms with Crippen LogP contribution in [0, 0.1) is 0 Å². The topological polar surface area (TPSA) is 101 Å². The Hall–Kier alpha value is -2.20. The Morgan fingerprint density at radius 2 is 1.85 bits per heavy atom. The highest BCUT2D eigenvalue weighted by molar-refractivity contribution is 7.89. The van der Waals surface area contributed by atoms with Crippen LogP contribution in [0.25, 0.3) is 0 Å². The van der Waals surface area contributed by atoms with Crippen LogP contribution in [0.15, 0.2) is 47.5 Å². The van der Waals surface area contributed by atoms with Crippen LogP contribution in [-0.4, -0.2) is 49.9 Å². The number of pyridine rings is 1. The standard InChI is InChI=1S/C16H17ClN4O4S/c17-13-5-3-12(4-6-13)16(22)20-19-15-14(2-1-7-18-15)26(23,24)21-8-10-25-11-9-21/h1-7H,8-11H2,(H,18,19)(H,20,22). The molecule has 0 aliphatic carbocycles. The second kappa shape index (κ2) is 8.00. The first kappa shape index (κ1) is 18.6. The number of rotatable bonds is 5. The number of anilines is 1. The molecule has 1 saturated heterocycles. The number of carbonyl (C=O) groups excluding carboxylic acids is 1. The lowest BCUT2D eigenvalue weighted by molar-refractivity contribution is 0.0730. The maximum atomic E-state index is 12.8. The number of nitrogens with one attached hydrogen (secondary N) is 2. The minimum atomic E-state index is -3.75. The van der Waals surface area contributed by atoms with Gasteiger partial charge in [0.25, 0.3) is 5.91 Å². The van der Waals surface area contributed by atoms with E-state index in [0.717, 1.165) is 0 Å². The van der Waals surface area contributed by atoms with Crippen molar-refractivity contribution in [2.24, 2.45) is 0 Å². The second-order valence-electron chi connectivity index (χ2n) is 5.45. The number of aromatic nitrogens is 1. The van der Waals surface area contributed by atoms with Gasteiger partial charge in [0.05, 0.1) is 13.2 Å². The molecule has 3 rings (SSSR count). The van der Waals surface area contributed by atoms with E-state index in [0.29, 0.717) is 23.8 Å². The van der Waals surface area contributed by atoms with Gasteiger partial charge in [-0.2, -0.15) is 4.31 Å². The molecule has 2 heterocycles. The van der Waals surface area contributed by atoms with Crippen LogP contribution in [0.1, 0.15) is 10.4 Å². The van der Waals surface area contributed by atoms with E-state index in [9.17, 15) is 13.2 Å². The van der Waals surface area contributed by atoms with Crippen molar-refractivity contribution in [3.05, 3.63) is 53.2 Å². The average Bonchev–Trinajstić information content (AvgIpc) is 2.67. The Bertz CT molecular complexity index is 883. The zero-order valence-electron chi connectivity index (χ0n) is 13.7. The van der Waals surface area contributed by atoms with Crippen LogP contribution >= 0.6 is 11.6 Å². The van der Waals surface area contributed by atoms with Gasteiger partial charge >= 0.3 is 0 Å². The molecule has 1 aliphatic rings. The Morgan fingerprint density at radius 1 is 1.15 bits per heavy atom. The van der Waals surface area contributed by atoms with E-state index in [1.807, 2.05) is 0 Å². The van der Waals surface area contributed by atoms with Crippen LogP contribution in [0.2, 0.25) is 5.02 Å². The lowest BCUT2D eigenvalue weighted by Crippen LogP contribution is -2.41. The quantitative estimate of drug-likeness (QED) is 0.743. The van der Waals surface area contributed by atoms with E-state index in [4.69, 9.17) is 16.3 Å². The van der Waals surface area contributed by atoms with Crippen LogP contribution in [0.5, 0.6) is 0 Å². The average molecular weight is 397 g/mol. The molecule has 2 N–H and O–H groups in total. The number of hydrogen-bond donors (Lipinski definition) is 2. The third-order valence-electron chi connectivity index (χ3n) is 3.76. The van der Waals surface area contributed by atoms with Crippen molar-refractivity contribution in [1.29, 1.82) is 0 Å². The van der Waals surface area contributed by atoms with Crippen molar-refractivity contribution < 1.29 is 17.9 Å². The molecule has 1 amide bonds. The number of halogens is 1. The molecular formula is C16H17ClN4O4S. The maximum absolute atomic E-state index is 12.8. The van der Waals surface area contributed by atoms with Gasteiger partial charge in [0.1, 0.15) is 4.90 Å². The van der Waals surface area contributed by atoms with Crippen LogP contribution in [0.3, 0.4) is 0 Å². The first-order valence-corrected chi connectivity index (χ1v) is 9.65. The smallest absolute Gasteiger partial charge is 0.269 e. The van der Waals surface area contributed by atoms with Crippen LogP contribution < -0.4 is 10.9 Å². The highest BCUT2D eigenvalue weighted by atomic mass is 35.5. The summed E-state index contributed by atoms with van der Waals surface area (Å²) in [7, 11) is -3.75. The van der Waals surface area contributed by atoms with Crippen molar-refractivity contribution in [2.75, 3.05) is 31.7 Å². The third-order valence-corrected chi connectivity index (χ3v) is 5.94. The summed E-state index contributed by atoms with van der Waals surface area (Å²) in [4.78, 5) is 16.2. The van der Waals surface area contributed by atoms with Crippen molar-refractivity contribution >= 4 is 33.3 Å². The molecule has 0 bridgehead atoms. The van der Waals surface area contributed by atoms with Crippen molar-refractivity contribution in [1.82, 2.24) is 14.7 Å². The van der Waals surface area contributed by atoms with Crippen LogP contribution in [-0.2, 0) is 14.8 Å². The zero-order valence-corrected chi connectivity index (χ0v) is 15.3. The maximum Gasteiger partial charge on any atom is 0.269 e. The van der Waals surface area contributed by atoms with Crippen molar-refractivity contribution in [2.45, 2.75) is 4.90 Å². The Kier molecular flexibility index (Phi) is 5.72. The first-order chi connectivity index (χ1) is 12.5. The van der Waals surface area contributed by atoms with Gasteiger partial charge in [-0.3, -0.25) is 15.6 Å². The molecule has 1 fully saturated rings. The van der Waals surface area contributed by atoms with E-state index >= 15 is 0 Å². The molecule has 26 heavy (non-hydrogen) atoms. The summed E-state index contributed by atoms with van der Waals surface area (Å²) in [6.45, 7) is 1.23. The highest BCUT2D eigenvalue weighted by Gasteiger charge is 2.29. The normalized spacial score (nSPS) is 15.4. The number of hydrogen-bond acceptors (Lipinski definition) is 6. The SMILES string of the molecule is O=C(NNc1ncccc1S(=O)(=O)N1CCOCC1)c1ccc(Cl)cc1. The Morgan fingerprint density at radius 3 is 2.54 bits per heavy atom. The fourth-order valence-electron chi connectivity index (χ4n) is 2.41. The summed E-state index contributed by atoms with van der Waals surface area (Å²) in [5, 5.41) is 0.512. The third kappa shape index (κ3) is 4.13. The molecule has 8 nitrogen and oxygen atoms in total. The summed E-state index contributed by atoms with van der Waals surface area (Å²) >= 11 is 5.80. The molecule has 1 aliphatic heterocycles. The predicted octanol–water partition coefficient (Wildman–Crippen LogP) is 1.51. The van der Waals surface area contributed by atoms with E-state index < -0.39 is 15.9 Å². The summed E-state index contributed by atoms with van der Waals surface area (Å²) in [6, 6.07) is 9.26. The number of benzene rings is 1. The number of amides is 1. The Labute approximate surface area is 156 Å². The van der Waals surface area contributed by atoms with Gasteiger partial charge in [-0.25, -0.2) is 13.4 Å². The zero-order chi connectivity index (χ0) is 18.6. The fraction of sp³-hybridized carbons (Fsp3) is 0.250. The molecule has 10 heteroatoms. The van der Waals surface area contributed by atoms with Gasteiger partial charge in [-0.1, -0.05) is 11.6 Å². The molecule has 0 radical (unpaired) electrons. The molecule has 0 saturated carbocycles. The minimum Gasteiger partial charge on any atom is -0.379 e. The van der Waals surface area contributed by atoms with Gasteiger partial charge in [0.2, 0.25) is 10.0 Å². The Balaban J connectivity index is 1.77. The molecule has 1 aromatic carbocycles. The molecular weight excluding hydrogens is 380 g/mol. The predicted molar refractivity (Wildman–Crippen MR) is 96.4 cm³/mol. The number of ether oxygens (including phenoxy) is 1. The first-order valence-electron chi connectivity index (χ1n) is 7.83. The summed E-state index contributed by atoms with van der Waals surface area (Å²) in [6.07, 6.45) is 1.44. The summed E-state index contributed by atoms with van der Waals surface area (Å²) in [5.41, 5.74) is 5.41. The van der Waals surface area contributed by atoms with E-state index in [1.54, 1.807) is 24.3 Å². The lowest BCUT2D eigenvalue weighted by atomic mass is 10.2. The number of hydrazine groups is 1. The van der Waals surface area contributed by atoms with Gasteiger partial charge in [0, 0.05) is 29.9 Å². The van der Waals surface area contributed by atoms with Gasteiger partial charge in [-0.15, -0.1) is 0 Å². The molecule has 0 spiro atoms. The lowest BCUT2D eigenvalue weighted by Gasteiger charge is -2.26. The van der Waals surface area contributed by atoms with E-state index in [1.165, 1.54) is 22.6 Å². The number of sulfonamides is 1. The van der Waals surface area contributed by atoms with Crippen molar-refractivity contribution in [3.63, 3.8) is 0 Å². The molecule has 0 unspecified atom stereocenters. The monoisotopic (exact) mass is 396 g/mol. The summed E-state index contributed by atoms with van der Waals surface area (Å²) < 4.78 is 32.2. The molecule has 1 aromatic heterocycles. The number of nitrogens with zero attached hydrogens (tertiary/aromatic N) is 2. The van der Waals surface area contributed by atoms with E-state index in [-0.39, 0.29) is 23.8 Å². The largest absolute Gasteiger partial charge is 0.379 e. The molecule has 0 atom stereocenters. The van der Waals surface area contributed by atoms with E-state index in [2.05, 4.69) is 15.8 Å². The molecule has 138 valence electrons. The van der Waals surface area contributed by atoms with Crippen molar-refractivity contribution in [3.8, 4) is 0 Å². The van der Waals surface area contributed by atoms with Gasteiger partial charge in [0.15, 0.2) is 5.82 Å². The second-order valence-corrected chi connectivity index (χ2v) is 7.80. The van der Waals surface area contributed by atoms with Gasteiger partial charge in [-0.05, 0) is 36.4 Å². The van der Waals surface area contributed by atoms with Crippen LogP contribution in [0.4, 0.5) is 5.82 Å². The minimum absolute atomic E-state index is 0.0155. The summed E-state index contributed by atoms with van der Waals surface area (Å²) in [5.74, 6) is -0.400. The number of carbonyl (C=O) groups is 1.